The second kappa shape index (κ2) is 10.6. The fraction of sp³-hybridized carbons (Fsp3) is 0.0968. The van der Waals surface area contributed by atoms with E-state index in [0.29, 0.717) is 22.5 Å². The van der Waals surface area contributed by atoms with Gasteiger partial charge in [0.25, 0.3) is 5.56 Å². The van der Waals surface area contributed by atoms with Crippen molar-refractivity contribution in [3.63, 3.8) is 0 Å². The molecular weight excluding hydrogens is 472 g/mol. The van der Waals surface area contributed by atoms with Gasteiger partial charge < -0.3 is 9.88 Å². The number of para-hydroxylation sites is 1. The van der Waals surface area contributed by atoms with Gasteiger partial charge in [0.15, 0.2) is 0 Å². The van der Waals surface area contributed by atoms with E-state index in [0.717, 1.165) is 36.5 Å². The molecule has 0 unspecified atom stereocenters. The van der Waals surface area contributed by atoms with Crippen LogP contribution in [0.4, 0.5) is 0 Å². The van der Waals surface area contributed by atoms with Gasteiger partial charge in [-0.25, -0.2) is 14.5 Å². The Morgan fingerprint density at radius 1 is 0.789 bits per heavy atom. The lowest BCUT2D eigenvalue weighted by atomic mass is 10.1. The van der Waals surface area contributed by atoms with Crippen molar-refractivity contribution in [2.75, 3.05) is 6.54 Å². The number of pyridine rings is 2. The quantitative estimate of drug-likeness (QED) is 0.296. The zero-order chi connectivity index (χ0) is 25.7. The second-order valence-corrected chi connectivity index (χ2v) is 8.98. The van der Waals surface area contributed by atoms with Crippen LogP contribution in [0.5, 0.6) is 0 Å². The number of rotatable bonds is 8. The van der Waals surface area contributed by atoms with E-state index in [-0.39, 0.29) is 5.56 Å². The third-order valence-electron chi connectivity index (χ3n) is 6.50. The molecule has 186 valence electrons. The van der Waals surface area contributed by atoms with Gasteiger partial charge in [-0.1, -0.05) is 48.5 Å². The van der Waals surface area contributed by atoms with E-state index in [9.17, 15) is 4.79 Å². The summed E-state index contributed by atoms with van der Waals surface area (Å²) in [5.41, 5.74) is 4.77. The molecule has 0 atom stereocenters. The van der Waals surface area contributed by atoms with Gasteiger partial charge in [0.05, 0.1) is 10.9 Å². The van der Waals surface area contributed by atoms with Gasteiger partial charge in [-0.05, 0) is 53.6 Å². The molecule has 0 aliphatic rings. The Bertz CT molecular complexity index is 1720. The predicted molar refractivity (Wildman–Crippen MR) is 150 cm³/mol. The lowest BCUT2D eigenvalue weighted by Crippen LogP contribution is -2.22. The fourth-order valence-electron chi connectivity index (χ4n) is 4.62. The van der Waals surface area contributed by atoms with Crippen molar-refractivity contribution in [2.24, 2.45) is 0 Å². The van der Waals surface area contributed by atoms with Crippen LogP contribution in [-0.4, -0.2) is 30.6 Å². The molecule has 7 heteroatoms. The summed E-state index contributed by atoms with van der Waals surface area (Å²) in [6, 6.07) is 29.3. The predicted octanol–water partition coefficient (Wildman–Crippen LogP) is 5.10. The van der Waals surface area contributed by atoms with Crippen molar-refractivity contribution in [1.29, 1.82) is 0 Å². The topological polar surface area (TPSA) is 77.6 Å². The van der Waals surface area contributed by atoms with E-state index in [2.05, 4.69) is 56.4 Å². The van der Waals surface area contributed by atoms with Crippen molar-refractivity contribution in [2.45, 2.75) is 13.1 Å². The first-order valence-electron chi connectivity index (χ1n) is 12.6. The van der Waals surface area contributed by atoms with Crippen LogP contribution in [0, 0.1) is 0 Å². The number of nitrogens with one attached hydrogen (secondary N) is 1. The molecule has 38 heavy (non-hydrogen) atoms. The minimum atomic E-state index is -0.138. The number of hydrogen-bond acceptors (Lipinski definition) is 5. The van der Waals surface area contributed by atoms with Crippen LogP contribution in [0.3, 0.4) is 0 Å². The highest BCUT2D eigenvalue weighted by Gasteiger charge is 2.15. The summed E-state index contributed by atoms with van der Waals surface area (Å²) >= 11 is 0. The van der Waals surface area contributed by atoms with Gasteiger partial charge in [0.1, 0.15) is 11.6 Å². The van der Waals surface area contributed by atoms with E-state index in [4.69, 9.17) is 4.98 Å². The smallest absolute Gasteiger partial charge is 0.267 e. The van der Waals surface area contributed by atoms with Gasteiger partial charge in [-0.15, -0.1) is 0 Å². The second-order valence-electron chi connectivity index (χ2n) is 8.98. The van der Waals surface area contributed by atoms with Crippen LogP contribution in [0.15, 0.2) is 121 Å². The van der Waals surface area contributed by atoms with E-state index >= 15 is 0 Å². The summed E-state index contributed by atoms with van der Waals surface area (Å²) in [7, 11) is 0. The molecule has 4 heterocycles. The lowest BCUT2D eigenvalue weighted by molar-refractivity contribution is 0.602. The molecule has 0 saturated carbocycles. The standard InChI is InChI=1S/C31H26N6O/c38-31-26-8-1-2-9-27(26)35-30(37(31)29-11-3-4-17-34-29)25-14-12-24(13-15-25)28-10-6-19-36(28)20-18-33-22-23-7-5-16-32-21-23/h1-17,19,21,33H,18,20,22H2. The van der Waals surface area contributed by atoms with Crippen molar-refractivity contribution < 1.29 is 0 Å². The highest BCUT2D eigenvalue weighted by Crippen LogP contribution is 2.26. The molecular formula is C31H26N6O. The van der Waals surface area contributed by atoms with Gasteiger partial charge >= 0.3 is 0 Å². The largest absolute Gasteiger partial charge is 0.346 e. The molecule has 0 aliphatic heterocycles. The number of fused-ring (bicyclic) bond motifs is 1. The maximum atomic E-state index is 13.5. The van der Waals surface area contributed by atoms with Gasteiger partial charge in [-0.2, -0.15) is 0 Å². The molecule has 0 aliphatic carbocycles. The Kier molecular flexibility index (Phi) is 6.57. The molecule has 0 fully saturated rings. The van der Waals surface area contributed by atoms with Gasteiger partial charge in [-0.3, -0.25) is 9.78 Å². The van der Waals surface area contributed by atoms with Crippen molar-refractivity contribution in [1.82, 2.24) is 29.4 Å². The first kappa shape index (κ1) is 23.5. The van der Waals surface area contributed by atoms with E-state index < -0.39 is 0 Å². The van der Waals surface area contributed by atoms with E-state index in [1.807, 2.05) is 60.8 Å². The molecule has 0 bridgehead atoms. The Balaban J connectivity index is 1.28. The van der Waals surface area contributed by atoms with Gasteiger partial charge in [0, 0.05) is 55.7 Å². The SMILES string of the molecule is O=c1c2ccccc2nc(-c2ccc(-c3cccn3CCNCc3cccnc3)cc2)n1-c1ccccn1. The molecule has 0 spiro atoms. The Labute approximate surface area is 220 Å². The molecule has 4 aromatic heterocycles. The average Bonchev–Trinajstić information content (AvgIpc) is 3.45. The molecule has 0 amide bonds. The third kappa shape index (κ3) is 4.75. The molecule has 7 nitrogen and oxygen atoms in total. The zero-order valence-corrected chi connectivity index (χ0v) is 20.7. The summed E-state index contributed by atoms with van der Waals surface area (Å²) in [6.45, 7) is 2.47. The maximum Gasteiger partial charge on any atom is 0.267 e. The molecule has 0 saturated heterocycles. The van der Waals surface area contributed by atoms with Crippen molar-refractivity contribution in [3.05, 3.63) is 132 Å². The molecule has 6 aromatic rings. The van der Waals surface area contributed by atoms with Crippen molar-refractivity contribution >= 4 is 10.9 Å². The summed E-state index contributed by atoms with van der Waals surface area (Å²) in [5.74, 6) is 1.11. The minimum Gasteiger partial charge on any atom is -0.346 e. The fourth-order valence-corrected chi connectivity index (χ4v) is 4.62. The summed E-state index contributed by atoms with van der Waals surface area (Å²) in [6.07, 6.45) is 7.45. The zero-order valence-electron chi connectivity index (χ0n) is 20.7. The van der Waals surface area contributed by atoms with Crippen LogP contribution >= 0.6 is 0 Å². The first-order valence-corrected chi connectivity index (χ1v) is 12.6. The number of benzene rings is 2. The van der Waals surface area contributed by atoms with Gasteiger partial charge in [0.2, 0.25) is 0 Å². The Morgan fingerprint density at radius 2 is 1.63 bits per heavy atom. The average molecular weight is 499 g/mol. The molecule has 2 aromatic carbocycles. The van der Waals surface area contributed by atoms with Crippen LogP contribution < -0.4 is 10.9 Å². The van der Waals surface area contributed by atoms with Crippen molar-refractivity contribution in [3.8, 4) is 28.5 Å². The Hall–Kier alpha value is -4.88. The monoisotopic (exact) mass is 498 g/mol. The minimum absolute atomic E-state index is 0.138. The summed E-state index contributed by atoms with van der Waals surface area (Å²) in [5, 5.41) is 4.05. The molecule has 0 radical (unpaired) electrons. The summed E-state index contributed by atoms with van der Waals surface area (Å²) in [4.78, 5) is 27.0. The highest BCUT2D eigenvalue weighted by molar-refractivity contribution is 5.80. The molecule has 1 N–H and O–H groups in total. The molecule has 6 rings (SSSR count). The van der Waals surface area contributed by atoms with Crippen LogP contribution in [0.1, 0.15) is 5.56 Å². The third-order valence-corrected chi connectivity index (χ3v) is 6.50. The number of hydrogen-bond donors (Lipinski definition) is 1. The van der Waals surface area contributed by atoms with Crippen LogP contribution in [0.25, 0.3) is 39.4 Å². The van der Waals surface area contributed by atoms with E-state index in [1.54, 1.807) is 23.0 Å². The number of nitrogens with zero attached hydrogens (tertiary/aromatic N) is 5. The van der Waals surface area contributed by atoms with Crippen LogP contribution in [0.2, 0.25) is 0 Å². The van der Waals surface area contributed by atoms with Crippen LogP contribution in [-0.2, 0) is 13.1 Å². The Morgan fingerprint density at radius 3 is 2.45 bits per heavy atom. The lowest BCUT2D eigenvalue weighted by Gasteiger charge is -2.14. The highest BCUT2D eigenvalue weighted by atomic mass is 16.1. The van der Waals surface area contributed by atoms with E-state index in [1.165, 1.54) is 5.56 Å². The number of aromatic nitrogens is 5. The maximum absolute atomic E-state index is 13.5. The first-order chi connectivity index (χ1) is 18.8. The normalized spacial score (nSPS) is 11.2. The summed E-state index contributed by atoms with van der Waals surface area (Å²) < 4.78 is 3.83.